The molecule has 2 bridgehead atoms. The monoisotopic (exact) mass is 380 g/mol. The van der Waals surface area contributed by atoms with E-state index in [1.165, 1.54) is 5.56 Å². The summed E-state index contributed by atoms with van der Waals surface area (Å²) in [6.07, 6.45) is 3.54. The smallest absolute Gasteiger partial charge is 0.314 e. The average Bonchev–Trinajstić information content (AvgIpc) is 3.29. The molecule has 0 N–H and O–H groups in total. The third-order valence-electron chi connectivity index (χ3n) is 7.34. The molecule has 1 aromatic rings. The molecule has 0 spiro atoms. The topological polar surface area (TPSA) is 52.6 Å². The highest BCUT2D eigenvalue weighted by molar-refractivity contribution is 6.26. The van der Waals surface area contributed by atoms with E-state index >= 15 is 0 Å². The molecular formula is C24H28O4. The summed E-state index contributed by atoms with van der Waals surface area (Å²) in [6.45, 7) is 10.3. The molecule has 0 amide bonds. The van der Waals surface area contributed by atoms with Crippen molar-refractivity contribution in [2.24, 2.45) is 17.8 Å². The van der Waals surface area contributed by atoms with Crippen LogP contribution in [-0.4, -0.2) is 23.0 Å². The zero-order valence-electron chi connectivity index (χ0n) is 17.3. The van der Waals surface area contributed by atoms with E-state index < -0.39 is 11.2 Å². The minimum Gasteiger partial charge on any atom is -0.430 e. The highest BCUT2D eigenvalue weighted by Crippen LogP contribution is 2.64. The van der Waals surface area contributed by atoms with Gasteiger partial charge in [0.25, 0.3) is 0 Å². The van der Waals surface area contributed by atoms with E-state index in [-0.39, 0.29) is 29.5 Å². The summed E-state index contributed by atoms with van der Waals surface area (Å²) in [6, 6.07) is 4.21. The van der Waals surface area contributed by atoms with Crippen molar-refractivity contribution in [1.29, 1.82) is 0 Å². The Hall–Kier alpha value is -1.94. The lowest BCUT2D eigenvalue weighted by Gasteiger charge is -2.31. The molecule has 0 unspecified atom stereocenters. The fourth-order valence-electron chi connectivity index (χ4n) is 6.01. The molecule has 148 valence electrons. The van der Waals surface area contributed by atoms with Gasteiger partial charge >= 0.3 is 5.97 Å². The zero-order chi connectivity index (χ0) is 20.0. The number of hydrogen-bond donors (Lipinski definition) is 0. The van der Waals surface area contributed by atoms with E-state index in [9.17, 15) is 9.59 Å². The van der Waals surface area contributed by atoms with Gasteiger partial charge in [-0.25, -0.2) is 0 Å². The van der Waals surface area contributed by atoms with Crippen molar-refractivity contribution >= 4 is 17.3 Å². The largest absolute Gasteiger partial charge is 0.430 e. The van der Waals surface area contributed by atoms with Crippen molar-refractivity contribution < 1.29 is 19.1 Å². The van der Waals surface area contributed by atoms with E-state index in [1.807, 2.05) is 13.8 Å². The normalized spacial score (nSPS) is 36.2. The lowest BCUT2D eigenvalue weighted by Crippen LogP contribution is -2.40. The van der Waals surface area contributed by atoms with Crippen LogP contribution in [0.2, 0.25) is 0 Å². The maximum Gasteiger partial charge on any atom is 0.314 e. The number of allylic oxidation sites excluding steroid dienone is 1. The first-order valence-electron chi connectivity index (χ1n) is 10.4. The summed E-state index contributed by atoms with van der Waals surface area (Å²) >= 11 is 0. The molecule has 28 heavy (non-hydrogen) atoms. The standard InChI is InChI=1S/C24H28O4/c1-12-10-13(2)16(14(3)11-12)17-20(25)18-19(21(17)27-22(26)15-6-7-15)24(5)9-8-23(18,4)28-24/h10-11,15,18-19H,6-9H2,1-5H3/t18-,19+,23-,24+/m0/s1. The Balaban J connectivity index is 1.71. The van der Waals surface area contributed by atoms with Gasteiger partial charge in [-0.05, 0) is 77.0 Å². The fourth-order valence-corrected chi connectivity index (χ4v) is 6.01. The van der Waals surface area contributed by atoms with E-state index in [0.717, 1.165) is 42.4 Å². The third-order valence-corrected chi connectivity index (χ3v) is 7.34. The van der Waals surface area contributed by atoms with Crippen LogP contribution in [0, 0.1) is 38.5 Å². The highest BCUT2D eigenvalue weighted by atomic mass is 16.6. The number of benzene rings is 1. The van der Waals surface area contributed by atoms with Crippen LogP contribution in [0.3, 0.4) is 0 Å². The van der Waals surface area contributed by atoms with Crippen molar-refractivity contribution in [1.82, 2.24) is 0 Å². The minimum atomic E-state index is -0.470. The van der Waals surface area contributed by atoms with Gasteiger partial charge < -0.3 is 9.47 Å². The van der Waals surface area contributed by atoms with Crippen molar-refractivity contribution in [2.45, 2.75) is 71.5 Å². The van der Waals surface area contributed by atoms with Crippen LogP contribution in [0.25, 0.3) is 5.57 Å². The number of ketones is 1. The molecule has 2 saturated heterocycles. The Labute approximate surface area is 166 Å². The van der Waals surface area contributed by atoms with Gasteiger partial charge in [-0.3, -0.25) is 9.59 Å². The van der Waals surface area contributed by atoms with E-state index in [4.69, 9.17) is 9.47 Å². The number of aryl methyl sites for hydroxylation is 3. The van der Waals surface area contributed by atoms with Gasteiger partial charge in [0.2, 0.25) is 0 Å². The van der Waals surface area contributed by atoms with E-state index in [2.05, 4.69) is 32.9 Å². The van der Waals surface area contributed by atoms with Gasteiger partial charge in [-0.1, -0.05) is 17.7 Å². The Morgan fingerprint density at radius 2 is 1.61 bits per heavy atom. The summed E-state index contributed by atoms with van der Waals surface area (Å²) in [7, 11) is 0. The third kappa shape index (κ3) is 2.33. The van der Waals surface area contributed by atoms with Crippen LogP contribution in [-0.2, 0) is 19.1 Å². The van der Waals surface area contributed by atoms with Crippen LogP contribution in [0.1, 0.15) is 61.8 Å². The summed E-state index contributed by atoms with van der Waals surface area (Å²) in [5.41, 5.74) is 3.94. The maximum absolute atomic E-state index is 13.8. The molecule has 2 aliphatic carbocycles. The van der Waals surface area contributed by atoms with Gasteiger partial charge in [0.15, 0.2) is 5.78 Å². The maximum atomic E-state index is 13.8. The lowest BCUT2D eigenvalue weighted by molar-refractivity contribution is -0.142. The Morgan fingerprint density at radius 1 is 1.04 bits per heavy atom. The van der Waals surface area contributed by atoms with Gasteiger partial charge in [0, 0.05) is 0 Å². The number of esters is 1. The second kappa shape index (κ2) is 5.56. The first-order valence-corrected chi connectivity index (χ1v) is 10.4. The summed E-state index contributed by atoms with van der Waals surface area (Å²) in [5.74, 6) is 0.0447. The average molecular weight is 380 g/mol. The molecule has 1 saturated carbocycles. The summed E-state index contributed by atoms with van der Waals surface area (Å²) in [4.78, 5) is 26.4. The Kier molecular flexibility index (Phi) is 3.60. The number of rotatable bonds is 3. The van der Waals surface area contributed by atoms with Crippen molar-refractivity contribution in [3.63, 3.8) is 0 Å². The molecule has 3 fully saturated rings. The first kappa shape index (κ1) is 18.1. The fraction of sp³-hybridized carbons (Fsp3) is 0.583. The number of fused-ring (bicyclic) bond motifs is 5. The molecule has 0 radical (unpaired) electrons. The second-order valence-electron chi connectivity index (χ2n) is 9.76. The molecule has 2 heterocycles. The zero-order valence-corrected chi connectivity index (χ0v) is 17.3. The minimum absolute atomic E-state index is 0.00832. The van der Waals surface area contributed by atoms with Crippen LogP contribution in [0.15, 0.2) is 17.9 Å². The predicted molar refractivity (Wildman–Crippen MR) is 106 cm³/mol. The van der Waals surface area contributed by atoms with Gasteiger partial charge in [0.05, 0.1) is 34.5 Å². The lowest BCUT2D eigenvalue weighted by atomic mass is 9.68. The number of Topliss-reactive ketones (excluding diaryl/α,β-unsaturated/α-hetero) is 1. The molecule has 4 nitrogen and oxygen atoms in total. The van der Waals surface area contributed by atoms with Crippen molar-refractivity contribution in [3.8, 4) is 0 Å². The van der Waals surface area contributed by atoms with Crippen LogP contribution in [0.4, 0.5) is 0 Å². The summed E-state index contributed by atoms with van der Waals surface area (Å²) < 4.78 is 12.4. The SMILES string of the molecule is Cc1cc(C)c(C2=C(OC(=O)C3CC3)[C@H]3[C@@H](C2=O)[C@]2(C)CC[C@@]3(C)O2)c(C)c1. The number of ether oxygens (including phenoxy) is 2. The molecule has 1 aromatic carbocycles. The number of carbonyl (C=O) groups is 2. The van der Waals surface area contributed by atoms with Crippen LogP contribution >= 0.6 is 0 Å². The second-order valence-corrected chi connectivity index (χ2v) is 9.76. The highest BCUT2D eigenvalue weighted by Gasteiger charge is 2.70. The van der Waals surface area contributed by atoms with Crippen molar-refractivity contribution in [3.05, 3.63) is 40.1 Å². The van der Waals surface area contributed by atoms with Gasteiger partial charge in [-0.15, -0.1) is 0 Å². The first-order chi connectivity index (χ1) is 13.1. The Morgan fingerprint density at radius 3 is 2.18 bits per heavy atom. The molecule has 4 heteroatoms. The molecule has 2 aliphatic heterocycles. The number of hydrogen-bond acceptors (Lipinski definition) is 4. The molecular weight excluding hydrogens is 352 g/mol. The van der Waals surface area contributed by atoms with E-state index in [1.54, 1.807) is 0 Å². The molecule has 0 aromatic heterocycles. The molecule has 4 atom stereocenters. The molecule has 4 aliphatic rings. The van der Waals surface area contributed by atoms with Gasteiger partial charge in [-0.2, -0.15) is 0 Å². The van der Waals surface area contributed by atoms with Gasteiger partial charge in [0.1, 0.15) is 5.76 Å². The molecule has 5 rings (SSSR count). The van der Waals surface area contributed by atoms with Crippen molar-refractivity contribution in [2.75, 3.05) is 0 Å². The Bertz CT molecular complexity index is 930. The van der Waals surface area contributed by atoms with Crippen LogP contribution in [0.5, 0.6) is 0 Å². The predicted octanol–water partition coefficient (Wildman–Crippen LogP) is 4.43. The quantitative estimate of drug-likeness (QED) is 0.728. The van der Waals surface area contributed by atoms with E-state index in [0.29, 0.717) is 11.3 Å². The number of carbonyl (C=O) groups excluding carboxylic acids is 2. The van der Waals surface area contributed by atoms with Crippen LogP contribution < -0.4 is 0 Å². The summed E-state index contributed by atoms with van der Waals surface area (Å²) in [5, 5.41) is 0.